The first-order valence-electron chi connectivity index (χ1n) is 10.2. The molecule has 1 saturated heterocycles. The number of aryl methyl sites for hydroxylation is 2. The Bertz CT molecular complexity index is 1130. The van der Waals surface area contributed by atoms with Gasteiger partial charge < -0.3 is 5.11 Å². The third kappa shape index (κ3) is 4.89. The summed E-state index contributed by atoms with van der Waals surface area (Å²) in [5.74, 6) is 0.252. The van der Waals surface area contributed by atoms with Crippen molar-refractivity contribution in [2.45, 2.75) is 20.3 Å². The van der Waals surface area contributed by atoms with Gasteiger partial charge in [0.15, 0.2) is 5.17 Å². The van der Waals surface area contributed by atoms with Crippen LogP contribution in [0.5, 0.6) is 5.75 Å². The van der Waals surface area contributed by atoms with Gasteiger partial charge in [-0.2, -0.15) is 0 Å². The van der Waals surface area contributed by atoms with Gasteiger partial charge in [0, 0.05) is 6.54 Å². The van der Waals surface area contributed by atoms with Crippen molar-refractivity contribution >= 4 is 34.6 Å². The summed E-state index contributed by atoms with van der Waals surface area (Å²) in [5, 5.41) is 10.7. The summed E-state index contributed by atoms with van der Waals surface area (Å²) in [6, 6.07) is 23.6. The van der Waals surface area contributed by atoms with Crippen LogP contribution in [0.3, 0.4) is 0 Å². The molecule has 31 heavy (non-hydrogen) atoms. The molecule has 0 unspecified atom stereocenters. The lowest BCUT2D eigenvalue weighted by atomic mass is 10.1. The van der Waals surface area contributed by atoms with Crippen LogP contribution in [0.1, 0.15) is 22.3 Å². The van der Waals surface area contributed by atoms with Gasteiger partial charge in [-0.3, -0.25) is 9.69 Å². The molecule has 0 aromatic heterocycles. The number of hydrogen-bond donors (Lipinski definition) is 1. The Morgan fingerprint density at radius 3 is 2.23 bits per heavy atom. The second-order valence-electron chi connectivity index (χ2n) is 7.54. The maximum atomic E-state index is 13.3. The highest BCUT2D eigenvalue weighted by molar-refractivity contribution is 8.18. The number of aromatic hydroxyl groups is 1. The second-order valence-corrected chi connectivity index (χ2v) is 8.55. The van der Waals surface area contributed by atoms with Crippen LogP contribution in [0.2, 0.25) is 0 Å². The Balaban J connectivity index is 1.65. The molecule has 4 rings (SSSR count). The van der Waals surface area contributed by atoms with Crippen molar-refractivity contribution in [3.05, 3.63) is 100.0 Å². The zero-order valence-corrected chi connectivity index (χ0v) is 18.4. The van der Waals surface area contributed by atoms with Gasteiger partial charge in [0.25, 0.3) is 5.91 Å². The van der Waals surface area contributed by atoms with Crippen molar-refractivity contribution in [3.63, 3.8) is 0 Å². The summed E-state index contributed by atoms with van der Waals surface area (Å²) in [7, 11) is 0. The minimum atomic E-state index is -0.0426. The maximum Gasteiger partial charge on any atom is 0.266 e. The zero-order chi connectivity index (χ0) is 21.8. The average Bonchev–Trinajstić information content (AvgIpc) is 3.06. The summed E-state index contributed by atoms with van der Waals surface area (Å²) in [6.07, 6.45) is 2.64. The molecule has 1 amide bonds. The molecule has 1 aliphatic rings. The lowest BCUT2D eigenvalue weighted by Gasteiger charge is -2.15. The lowest BCUT2D eigenvalue weighted by molar-refractivity contribution is -0.122. The molecule has 0 bridgehead atoms. The number of nitrogens with zero attached hydrogens (tertiary/aromatic N) is 2. The van der Waals surface area contributed by atoms with E-state index in [1.165, 1.54) is 17.3 Å². The third-order valence-corrected chi connectivity index (χ3v) is 6.15. The monoisotopic (exact) mass is 428 g/mol. The Labute approximate surface area is 187 Å². The van der Waals surface area contributed by atoms with Crippen LogP contribution in [0, 0.1) is 13.8 Å². The topological polar surface area (TPSA) is 52.9 Å². The Morgan fingerprint density at radius 2 is 1.58 bits per heavy atom. The molecule has 0 saturated carbocycles. The standard InChI is InChI=1S/C26H24N2O2S/c1-18-15-21(16-19(2)24(18)29)17-23-25(30)28(14-13-20-9-5-3-6-10-20)26(31-23)27-22-11-7-4-8-12-22/h3-12,15-17,29H,13-14H2,1-2H3/b23-17-,27-26?. The van der Waals surface area contributed by atoms with E-state index >= 15 is 0 Å². The molecule has 0 aliphatic carbocycles. The second kappa shape index (κ2) is 9.23. The number of para-hydroxylation sites is 1. The minimum Gasteiger partial charge on any atom is -0.507 e. The minimum absolute atomic E-state index is 0.0426. The van der Waals surface area contributed by atoms with Crippen LogP contribution in [-0.4, -0.2) is 27.6 Å². The number of phenols is 1. The first-order valence-corrected chi connectivity index (χ1v) is 11.0. The Kier molecular flexibility index (Phi) is 6.23. The summed E-state index contributed by atoms with van der Waals surface area (Å²) >= 11 is 1.39. The molecular weight excluding hydrogens is 404 g/mol. The molecular formula is C26H24N2O2S. The highest BCUT2D eigenvalue weighted by Gasteiger charge is 2.33. The van der Waals surface area contributed by atoms with Crippen LogP contribution in [0.15, 0.2) is 82.7 Å². The van der Waals surface area contributed by atoms with Crippen LogP contribution in [0.25, 0.3) is 6.08 Å². The predicted molar refractivity (Wildman–Crippen MR) is 129 cm³/mol. The largest absolute Gasteiger partial charge is 0.507 e. The average molecular weight is 429 g/mol. The lowest BCUT2D eigenvalue weighted by Crippen LogP contribution is -2.31. The van der Waals surface area contributed by atoms with Gasteiger partial charge in [0.1, 0.15) is 5.75 Å². The predicted octanol–water partition coefficient (Wildman–Crippen LogP) is 5.86. The number of hydrogen-bond acceptors (Lipinski definition) is 4. The molecule has 5 heteroatoms. The number of phenolic OH excluding ortho intramolecular Hbond substituents is 1. The molecule has 0 radical (unpaired) electrons. The van der Waals surface area contributed by atoms with E-state index < -0.39 is 0 Å². The number of rotatable bonds is 5. The van der Waals surface area contributed by atoms with E-state index in [-0.39, 0.29) is 5.91 Å². The van der Waals surface area contributed by atoms with Crippen molar-refractivity contribution in [2.24, 2.45) is 4.99 Å². The number of aliphatic imine (C=N–C) groups is 1. The number of carbonyl (C=O) groups is 1. The summed E-state index contributed by atoms with van der Waals surface area (Å²) < 4.78 is 0. The smallest absolute Gasteiger partial charge is 0.266 e. The van der Waals surface area contributed by atoms with Crippen molar-refractivity contribution < 1.29 is 9.90 Å². The molecule has 4 nitrogen and oxygen atoms in total. The van der Waals surface area contributed by atoms with Crippen LogP contribution in [0.4, 0.5) is 5.69 Å². The Morgan fingerprint density at radius 1 is 0.968 bits per heavy atom. The molecule has 1 aliphatic heterocycles. The fourth-order valence-electron chi connectivity index (χ4n) is 3.51. The molecule has 1 N–H and O–H groups in total. The van der Waals surface area contributed by atoms with Gasteiger partial charge >= 0.3 is 0 Å². The summed E-state index contributed by atoms with van der Waals surface area (Å²) in [5.41, 5.74) is 4.48. The first-order chi connectivity index (χ1) is 15.0. The van der Waals surface area contributed by atoms with Gasteiger partial charge in [-0.25, -0.2) is 4.99 Å². The molecule has 0 atom stereocenters. The van der Waals surface area contributed by atoms with E-state index in [2.05, 4.69) is 12.1 Å². The van der Waals surface area contributed by atoms with E-state index in [4.69, 9.17) is 4.99 Å². The Hall–Kier alpha value is -3.31. The highest BCUT2D eigenvalue weighted by atomic mass is 32.2. The van der Waals surface area contributed by atoms with E-state index in [0.717, 1.165) is 28.8 Å². The van der Waals surface area contributed by atoms with Crippen molar-refractivity contribution in [3.8, 4) is 5.75 Å². The summed E-state index contributed by atoms with van der Waals surface area (Å²) in [4.78, 5) is 20.4. The van der Waals surface area contributed by atoms with Crippen LogP contribution in [-0.2, 0) is 11.2 Å². The fraction of sp³-hybridized carbons (Fsp3) is 0.154. The number of amidine groups is 1. The van der Waals surface area contributed by atoms with Gasteiger partial charge in [-0.05, 0) is 84.6 Å². The number of benzene rings is 3. The van der Waals surface area contributed by atoms with Gasteiger partial charge in [-0.1, -0.05) is 48.5 Å². The fourth-order valence-corrected chi connectivity index (χ4v) is 4.54. The third-order valence-electron chi connectivity index (χ3n) is 5.15. The van der Waals surface area contributed by atoms with Gasteiger partial charge in [0.05, 0.1) is 10.6 Å². The number of carbonyl (C=O) groups excluding carboxylic acids is 1. The van der Waals surface area contributed by atoms with Crippen molar-refractivity contribution in [1.29, 1.82) is 0 Å². The zero-order valence-electron chi connectivity index (χ0n) is 17.6. The molecule has 3 aromatic rings. The SMILES string of the molecule is Cc1cc(/C=C2\SC(=Nc3ccccc3)N(CCc3ccccc3)C2=O)cc(C)c1O. The normalized spacial score (nSPS) is 16.5. The number of thioether (sulfide) groups is 1. The van der Waals surface area contributed by atoms with Gasteiger partial charge in [-0.15, -0.1) is 0 Å². The van der Waals surface area contributed by atoms with E-state index in [0.29, 0.717) is 22.4 Å². The molecule has 3 aromatic carbocycles. The van der Waals surface area contributed by atoms with E-state index in [9.17, 15) is 9.90 Å². The number of amides is 1. The van der Waals surface area contributed by atoms with Gasteiger partial charge in [0.2, 0.25) is 0 Å². The van der Waals surface area contributed by atoms with E-state index in [1.54, 1.807) is 4.90 Å². The molecule has 0 spiro atoms. The molecule has 1 heterocycles. The van der Waals surface area contributed by atoms with E-state index in [1.807, 2.05) is 80.6 Å². The maximum absolute atomic E-state index is 13.3. The highest BCUT2D eigenvalue weighted by Crippen LogP contribution is 2.35. The van der Waals surface area contributed by atoms with Crippen molar-refractivity contribution in [2.75, 3.05) is 6.54 Å². The first kappa shape index (κ1) is 20.9. The van der Waals surface area contributed by atoms with Crippen LogP contribution < -0.4 is 0 Å². The quantitative estimate of drug-likeness (QED) is 0.518. The summed E-state index contributed by atoms with van der Waals surface area (Å²) in [6.45, 7) is 4.29. The molecule has 1 fully saturated rings. The van der Waals surface area contributed by atoms with Crippen molar-refractivity contribution in [1.82, 2.24) is 4.90 Å². The van der Waals surface area contributed by atoms with Crippen LogP contribution >= 0.6 is 11.8 Å². The molecule has 156 valence electrons.